The number of aromatic nitrogens is 1. The van der Waals surface area contributed by atoms with Gasteiger partial charge < -0.3 is 10.2 Å². The van der Waals surface area contributed by atoms with Gasteiger partial charge in [-0.05, 0) is 42.1 Å². The number of rotatable bonds is 3. The van der Waals surface area contributed by atoms with E-state index in [9.17, 15) is 0 Å². The zero-order chi connectivity index (χ0) is 12.4. The minimum absolute atomic E-state index is 0.894. The maximum absolute atomic E-state index is 4.28. The van der Waals surface area contributed by atoms with E-state index in [0.29, 0.717) is 0 Å². The third-order valence-electron chi connectivity index (χ3n) is 3.40. The van der Waals surface area contributed by atoms with Crippen LogP contribution < -0.4 is 10.2 Å². The van der Waals surface area contributed by atoms with Gasteiger partial charge in [0.2, 0.25) is 0 Å². The Bertz CT molecular complexity index is 535. The number of anilines is 1. The van der Waals surface area contributed by atoms with Crippen molar-refractivity contribution in [1.29, 1.82) is 0 Å². The molecule has 0 bridgehead atoms. The maximum atomic E-state index is 4.28. The van der Waals surface area contributed by atoms with Crippen LogP contribution in [0.1, 0.15) is 16.0 Å². The van der Waals surface area contributed by atoms with Crippen molar-refractivity contribution in [2.24, 2.45) is 0 Å². The van der Waals surface area contributed by atoms with E-state index in [-0.39, 0.29) is 0 Å². The van der Waals surface area contributed by atoms with E-state index in [2.05, 4.69) is 32.7 Å². The quantitative estimate of drug-likeness (QED) is 0.917. The summed E-state index contributed by atoms with van der Waals surface area (Å²) in [7, 11) is 1.98. The van der Waals surface area contributed by atoms with Gasteiger partial charge in [-0.1, -0.05) is 0 Å². The van der Waals surface area contributed by atoms with Crippen LogP contribution in [0.15, 0.2) is 29.9 Å². The summed E-state index contributed by atoms with van der Waals surface area (Å²) in [6.45, 7) is 3.00. The Labute approximate surface area is 111 Å². The van der Waals surface area contributed by atoms with Crippen LogP contribution in [0.4, 0.5) is 5.69 Å². The predicted molar refractivity (Wildman–Crippen MR) is 76.1 cm³/mol. The molecule has 0 saturated carbocycles. The fourth-order valence-electron chi connectivity index (χ4n) is 2.49. The SMILES string of the molecule is CNCc1ccncc1N1CCc2sccc2C1. The van der Waals surface area contributed by atoms with Gasteiger partial charge in [0.05, 0.1) is 11.9 Å². The van der Waals surface area contributed by atoms with Crippen molar-refractivity contribution in [3.05, 3.63) is 45.9 Å². The highest BCUT2D eigenvalue weighted by atomic mass is 32.1. The van der Waals surface area contributed by atoms with Crippen LogP contribution in [0.25, 0.3) is 0 Å². The zero-order valence-corrected chi connectivity index (χ0v) is 11.3. The number of hydrogen-bond acceptors (Lipinski definition) is 4. The van der Waals surface area contributed by atoms with Gasteiger partial charge in [0.15, 0.2) is 0 Å². The van der Waals surface area contributed by atoms with Crippen LogP contribution in [0.2, 0.25) is 0 Å². The summed E-state index contributed by atoms with van der Waals surface area (Å²) in [6, 6.07) is 4.36. The Morgan fingerprint density at radius 1 is 1.44 bits per heavy atom. The van der Waals surface area contributed by atoms with Gasteiger partial charge in [0.25, 0.3) is 0 Å². The summed E-state index contributed by atoms with van der Waals surface area (Å²) in [5.41, 5.74) is 4.07. The molecule has 94 valence electrons. The minimum Gasteiger partial charge on any atom is -0.365 e. The summed E-state index contributed by atoms with van der Waals surface area (Å²) in [4.78, 5) is 8.27. The van der Waals surface area contributed by atoms with E-state index in [1.807, 2.05) is 30.8 Å². The number of hydrogen-bond donors (Lipinski definition) is 1. The van der Waals surface area contributed by atoms with Gasteiger partial charge in [-0.15, -0.1) is 11.3 Å². The van der Waals surface area contributed by atoms with Crippen LogP contribution in [-0.4, -0.2) is 18.6 Å². The van der Waals surface area contributed by atoms with E-state index in [1.54, 1.807) is 4.88 Å². The lowest BCUT2D eigenvalue weighted by Crippen LogP contribution is -2.30. The molecule has 4 heteroatoms. The highest BCUT2D eigenvalue weighted by Crippen LogP contribution is 2.29. The first-order valence-electron chi connectivity index (χ1n) is 6.26. The first kappa shape index (κ1) is 11.7. The van der Waals surface area contributed by atoms with E-state index in [4.69, 9.17) is 0 Å². The molecular weight excluding hydrogens is 242 g/mol. The molecule has 0 saturated heterocycles. The van der Waals surface area contributed by atoms with Gasteiger partial charge in [0, 0.05) is 30.7 Å². The normalized spacial score (nSPS) is 14.6. The van der Waals surface area contributed by atoms with Gasteiger partial charge in [0.1, 0.15) is 0 Å². The Morgan fingerprint density at radius 3 is 3.28 bits per heavy atom. The van der Waals surface area contributed by atoms with Crippen LogP contribution in [0, 0.1) is 0 Å². The Balaban J connectivity index is 1.88. The number of nitrogens with one attached hydrogen (secondary N) is 1. The van der Waals surface area contributed by atoms with Crippen molar-refractivity contribution in [1.82, 2.24) is 10.3 Å². The first-order chi connectivity index (χ1) is 8.88. The molecule has 0 aromatic carbocycles. The molecule has 1 aliphatic heterocycles. The van der Waals surface area contributed by atoms with Crippen molar-refractivity contribution in [3.63, 3.8) is 0 Å². The predicted octanol–water partition coefficient (Wildman–Crippen LogP) is 2.43. The molecular formula is C14H17N3S. The van der Waals surface area contributed by atoms with E-state index < -0.39 is 0 Å². The van der Waals surface area contributed by atoms with Gasteiger partial charge in [-0.3, -0.25) is 4.98 Å². The summed E-state index contributed by atoms with van der Waals surface area (Å²) in [5, 5.41) is 5.43. The average Bonchev–Trinajstić information content (AvgIpc) is 2.87. The third kappa shape index (κ3) is 2.13. The molecule has 0 aliphatic carbocycles. The summed E-state index contributed by atoms with van der Waals surface area (Å²) < 4.78 is 0. The molecule has 0 unspecified atom stereocenters. The van der Waals surface area contributed by atoms with Crippen LogP contribution in [0.3, 0.4) is 0 Å². The lowest BCUT2D eigenvalue weighted by atomic mass is 10.1. The molecule has 1 aliphatic rings. The molecule has 0 radical (unpaired) electrons. The molecule has 1 N–H and O–H groups in total. The van der Waals surface area contributed by atoms with Crippen LogP contribution in [0.5, 0.6) is 0 Å². The largest absolute Gasteiger partial charge is 0.365 e. The second-order valence-electron chi connectivity index (χ2n) is 4.58. The molecule has 18 heavy (non-hydrogen) atoms. The fourth-order valence-corrected chi connectivity index (χ4v) is 3.38. The number of thiophene rings is 1. The molecule has 0 amide bonds. The van der Waals surface area contributed by atoms with Crippen molar-refractivity contribution < 1.29 is 0 Å². The standard InChI is InChI=1S/C14H17N3S/c1-15-8-11-2-5-16-9-13(11)17-6-3-14-12(10-17)4-7-18-14/h2,4-5,7,9,15H,3,6,8,10H2,1H3. The average molecular weight is 259 g/mol. The molecule has 0 fully saturated rings. The van der Waals surface area contributed by atoms with E-state index in [1.165, 1.54) is 16.8 Å². The monoisotopic (exact) mass is 259 g/mol. The third-order valence-corrected chi connectivity index (χ3v) is 4.43. The molecule has 3 nitrogen and oxygen atoms in total. The van der Waals surface area contributed by atoms with Crippen LogP contribution >= 0.6 is 11.3 Å². The minimum atomic E-state index is 0.894. The number of pyridine rings is 1. The van der Waals surface area contributed by atoms with Crippen molar-refractivity contribution in [2.75, 3.05) is 18.5 Å². The highest BCUT2D eigenvalue weighted by Gasteiger charge is 2.19. The summed E-state index contributed by atoms with van der Waals surface area (Å²) >= 11 is 1.88. The Morgan fingerprint density at radius 2 is 2.39 bits per heavy atom. The zero-order valence-electron chi connectivity index (χ0n) is 10.5. The lowest BCUT2D eigenvalue weighted by Gasteiger charge is -2.30. The topological polar surface area (TPSA) is 28.2 Å². The van der Waals surface area contributed by atoms with Gasteiger partial charge in [-0.25, -0.2) is 0 Å². The van der Waals surface area contributed by atoms with E-state index in [0.717, 1.165) is 26.1 Å². The smallest absolute Gasteiger partial charge is 0.0601 e. The number of nitrogens with zero attached hydrogens (tertiary/aromatic N) is 2. The van der Waals surface area contributed by atoms with Crippen LogP contribution in [-0.2, 0) is 19.5 Å². The fraction of sp³-hybridized carbons (Fsp3) is 0.357. The molecule has 3 rings (SSSR count). The molecule has 2 aromatic rings. The van der Waals surface area contributed by atoms with Gasteiger partial charge >= 0.3 is 0 Å². The maximum Gasteiger partial charge on any atom is 0.0601 e. The van der Waals surface area contributed by atoms with E-state index >= 15 is 0 Å². The number of fused-ring (bicyclic) bond motifs is 1. The molecule has 0 spiro atoms. The molecule has 0 atom stereocenters. The Kier molecular flexibility index (Phi) is 3.30. The summed E-state index contributed by atoms with van der Waals surface area (Å²) in [6.07, 6.45) is 5.01. The highest BCUT2D eigenvalue weighted by molar-refractivity contribution is 7.10. The van der Waals surface area contributed by atoms with Crippen molar-refractivity contribution >= 4 is 17.0 Å². The summed E-state index contributed by atoms with van der Waals surface area (Å²) in [5.74, 6) is 0. The first-order valence-corrected chi connectivity index (χ1v) is 7.14. The second kappa shape index (κ2) is 5.08. The Hall–Kier alpha value is -1.39. The van der Waals surface area contributed by atoms with Crippen molar-refractivity contribution in [2.45, 2.75) is 19.5 Å². The second-order valence-corrected chi connectivity index (χ2v) is 5.58. The lowest BCUT2D eigenvalue weighted by molar-refractivity contribution is 0.727. The van der Waals surface area contributed by atoms with Crippen molar-refractivity contribution in [3.8, 4) is 0 Å². The molecule has 2 aromatic heterocycles. The van der Waals surface area contributed by atoms with Gasteiger partial charge in [-0.2, -0.15) is 0 Å². The molecule has 3 heterocycles.